The molecule has 3 aromatic rings. The number of rotatable bonds is 10. The van der Waals surface area contributed by atoms with E-state index in [2.05, 4.69) is 5.32 Å². The van der Waals surface area contributed by atoms with Crippen LogP contribution in [0.3, 0.4) is 0 Å². The fraction of sp³-hybridized carbons (Fsp3) is 0.394. The number of carbonyl (C=O) groups is 2. The summed E-state index contributed by atoms with van der Waals surface area (Å²) < 4.78 is 29.3. The average molecular weight is 576 g/mol. The Balaban J connectivity index is 1.71. The maximum absolute atomic E-state index is 14.1. The Morgan fingerprint density at radius 1 is 0.854 bits per heavy atom. The number of carbonyl (C=O) groups excluding carboxylic acids is 2. The van der Waals surface area contributed by atoms with Gasteiger partial charge in [-0.15, -0.1) is 0 Å². The van der Waals surface area contributed by atoms with E-state index in [0.29, 0.717) is 5.69 Å². The maximum atomic E-state index is 14.1. The predicted octanol–water partition coefficient (Wildman–Crippen LogP) is 5.59. The third-order valence-electron chi connectivity index (χ3n) is 7.86. The summed E-state index contributed by atoms with van der Waals surface area (Å²) in [6.07, 6.45) is 4.01. The Hall–Kier alpha value is -3.65. The van der Waals surface area contributed by atoms with Crippen molar-refractivity contribution in [1.82, 2.24) is 10.2 Å². The molecule has 0 radical (unpaired) electrons. The van der Waals surface area contributed by atoms with Crippen LogP contribution in [-0.2, 0) is 26.2 Å². The average Bonchev–Trinajstić information content (AvgIpc) is 3.45. The molecule has 0 bridgehead atoms. The van der Waals surface area contributed by atoms with Gasteiger partial charge >= 0.3 is 0 Å². The van der Waals surface area contributed by atoms with Gasteiger partial charge in [0.25, 0.3) is 10.0 Å². The van der Waals surface area contributed by atoms with Crippen LogP contribution in [0, 0.1) is 27.7 Å². The summed E-state index contributed by atoms with van der Waals surface area (Å²) >= 11 is 0. The van der Waals surface area contributed by atoms with Crippen LogP contribution in [-0.4, -0.2) is 43.8 Å². The fourth-order valence-electron chi connectivity index (χ4n) is 5.20. The minimum absolute atomic E-state index is 0.105. The zero-order chi connectivity index (χ0) is 29.7. The van der Waals surface area contributed by atoms with Crippen LogP contribution in [0.4, 0.5) is 5.69 Å². The van der Waals surface area contributed by atoms with E-state index in [-0.39, 0.29) is 23.4 Å². The smallest absolute Gasteiger partial charge is 0.264 e. The molecule has 0 spiro atoms. The normalized spacial score (nSPS) is 14.5. The molecule has 8 heteroatoms. The molecule has 3 aromatic carbocycles. The predicted molar refractivity (Wildman–Crippen MR) is 163 cm³/mol. The molecule has 1 aliphatic rings. The molecule has 1 N–H and O–H groups in total. The van der Waals surface area contributed by atoms with Crippen molar-refractivity contribution in [3.63, 3.8) is 0 Å². The van der Waals surface area contributed by atoms with Crippen LogP contribution < -0.4 is 9.62 Å². The first-order valence-electron chi connectivity index (χ1n) is 14.3. The van der Waals surface area contributed by atoms with Gasteiger partial charge in [0.15, 0.2) is 0 Å². The highest BCUT2D eigenvalue weighted by Gasteiger charge is 2.34. The Bertz CT molecular complexity index is 1480. The fourth-order valence-corrected chi connectivity index (χ4v) is 6.67. The van der Waals surface area contributed by atoms with Gasteiger partial charge in [-0.3, -0.25) is 13.9 Å². The quantitative estimate of drug-likeness (QED) is 0.341. The lowest BCUT2D eigenvalue weighted by Crippen LogP contribution is -2.52. The minimum atomic E-state index is -4.10. The number of hydrogen-bond donors (Lipinski definition) is 1. The number of sulfonamides is 1. The Kier molecular flexibility index (Phi) is 9.53. The molecule has 7 nitrogen and oxygen atoms in total. The lowest BCUT2D eigenvalue weighted by Gasteiger charge is -2.33. The summed E-state index contributed by atoms with van der Waals surface area (Å²) in [6.45, 7) is 9.06. The van der Waals surface area contributed by atoms with Crippen molar-refractivity contribution in [1.29, 1.82) is 0 Å². The van der Waals surface area contributed by atoms with E-state index in [0.717, 1.165) is 53.5 Å². The van der Waals surface area contributed by atoms with Gasteiger partial charge in [-0.1, -0.05) is 72.5 Å². The minimum Gasteiger partial charge on any atom is -0.352 e. The van der Waals surface area contributed by atoms with Crippen LogP contribution in [0.15, 0.2) is 71.6 Å². The molecular formula is C33H41N3O4S. The van der Waals surface area contributed by atoms with Crippen molar-refractivity contribution in [3.05, 3.63) is 94.5 Å². The van der Waals surface area contributed by atoms with Gasteiger partial charge in [-0.2, -0.15) is 0 Å². The largest absolute Gasteiger partial charge is 0.352 e. The third kappa shape index (κ3) is 7.36. The van der Waals surface area contributed by atoms with Crippen LogP contribution >= 0.6 is 0 Å². The van der Waals surface area contributed by atoms with Crippen LogP contribution in [0.2, 0.25) is 0 Å². The molecule has 1 fully saturated rings. The Labute approximate surface area is 244 Å². The number of amides is 2. The van der Waals surface area contributed by atoms with Gasteiger partial charge in [-0.25, -0.2) is 8.42 Å². The van der Waals surface area contributed by atoms with Gasteiger partial charge in [0, 0.05) is 12.6 Å². The van der Waals surface area contributed by atoms with Crippen LogP contribution in [0.5, 0.6) is 0 Å². The molecule has 1 atom stereocenters. The first-order valence-corrected chi connectivity index (χ1v) is 15.7. The summed E-state index contributed by atoms with van der Waals surface area (Å²) in [5.41, 5.74) is 4.94. The van der Waals surface area contributed by atoms with E-state index in [1.807, 2.05) is 64.1 Å². The first-order chi connectivity index (χ1) is 19.5. The second kappa shape index (κ2) is 12.9. The number of aryl methyl sites for hydroxylation is 4. The number of nitrogens with one attached hydrogen (secondary N) is 1. The van der Waals surface area contributed by atoms with Crippen molar-refractivity contribution in [2.75, 3.05) is 10.8 Å². The summed E-state index contributed by atoms with van der Waals surface area (Å²) in [7, 11) is -4.10. The molecular weight excluding hydrogens is 534 g/mol. The lowest BCUT2D eigenvalue weighted by molar-refractivity contribution is -0.139. The molecule has 0 aromatic heterocycles. The topological polar surface area (TPSA) is 86.8 Å². The summed E-state index contributed by atoms with van der Waals surface area (Å²) in [6, 6.07) is 19.3. The van der Waals surface area contributed by atoms with Gasteiger partial charge in [0.1, 0.15) is 12.6 Å². The van der Waals surface area contributed by atoms with E-state index < -0.39 is 28.5 Å². The molecule has 1 unspecified atom stereocenters. The summed E-state index contributed by atoms with van der Waals surface area (Å²) in [5, 5.41) is 3.11. The van der Waals surface area contributed by atoms with Gasteiger partial charge in [0.2, 0.25) is 11.8 Å². The number of hydrogen-bond acceptors (Lipinski definition) is 4. The highest BCUT2D eigenvalue weighted by atomic mass is 32.2. The Morgan fingerprint density at radius 3 is 2.02 bits per heavy atom. The second-order valence-corrected chi connectivity index (χ2v) is 13.2. The number of nitrogens with zero attached hydrogens (tertiary/aromatic N) is 2. The van der Waals surface area contributed by atoms with Gasteiger partial charge < -0.3 is 10.2 Å². The van der Waals surface area contributed by atoms with E-state index >= 15 is 0 Å². The second-order valence-electron chi connectivity index (χ2n) is 11.3. The highest BCUT2D eigenvalue weighted by molar-refractivity contribution is 7.92. The Morgan fingerprint density at radius 2 is 1.41 bits per heavy atom. The molecule has 1 aliphatic carbocycles. The molecule has 2 amide bonds. The molecule has 41 heavy (non-hydrogen) atoms. The van der Waals surface area contributed by atoms with Gasteiger partial charge in [0.05, 0.1) is 10.6 Å². The lowest BCUT2D eigenvalue weighted by atomic mass is 10.1. The van der Waals surface area contributed by atoms with Crippen molar-refractivity contribution in [2.45, 2.75) is 83.8 Å². The molecule has 0 saturated heterocycles. The standard InChI is InChI=1S/C33H41N3O4S/c1-23-11-16-28(17-12-23)21-35(27(5)33(38)34-29-8-6-7-9-29)32(37)22-36(31-20-25(3)10-15-26(31)4)41(39,40)30-18-13-24(2)14-19-30/h10-20,27,29H,6-9,21-22H2,1-5H3,(H,34,38). The van der Waals surface area contributed by atoms with Crippen molar-refractivity contribution >= 4 is 27.5 Å². The van der Waals surface area contributed by atoms with Crippen LogP contribution in [0.1, 0.15) is 60.4 Å². The van der Waals surface area contributed by atoms with Crippen molar-refractivity contribution in [2.24, 2.45) is 0 Å². The van der Waals surface area contributed by atoms with E-state index in [1.54, 1.807) is 37.3 Å². The highest BCUT2D eigenvalue weighted by Crippen LogP contribution is 2.29. The monoisotopic (exact) mass is 575 g/mol. The third-order valence-corrected chi connectivity index (χ3v) is 9.64. The van der Waals surface area contributed by atoms with E-state index in [9.17, 15) is 18.0 Å². The molecule has 218 valence electrons. The van der Waals surface area contributed by atoms with Crippen LogP contribution in [0.25, 0.3) is 0 Å². The van der Waals surface area contributed by atoms with E-state index in [1.165, 1.54) is 9.21 Å². The first kappa shape index (κ1) is 30.3. The number of benzene rings is 3. The molecule has 0 heterocycles. The summed E-state index contributed by atoms with van der Waals surface area (Å²) in [4.78, 5) is 29.1. The number of anilines is 1. The molecule has 0 aliphatic heterocycles. The van der Waals surface area contributed by atoms with E-state index in [4.69, 9.17) is 0 Å². The zero-order valence-corrected chi connectivity index (χ0v) is 25.5. The van der Waals surface area contributed by atoms with Crippen molar-refractivity contribution < 1.29 is 18.0 Å². The molecule has 1 saturated carbocycles. The van der Waals surface area contributed by atoms with Gasteiger partial charge in [-0.05, 0) is 82.3 Å². The zero-order valence-electron chi connectivity index (χ0n) is 24.7. The SMILES string of the molecule is Cc1ccc(CN(C(=O)CN(c2cc(C)ccc2C)S(=O)(=O)c2ccc(C)cc2)C(C)C(=O)NC2CCCC2)cc1. The maximum Gasteiger partial charge on any atom is 0.264 e. The molecule has 4 rings (SSSR count). The van der Waals surface area contributed by atoms with Crippen molar-refractivity contribution in [3.8, 4) is 0 Å². The summed E-state index contributed by atoms with van der Waals surface area (Å²) in [5.74, 6) is -0.673.